The molecule has 0 amide bonds. The third-order valence-electron chi connectivity index (χ3n) is 0.725. The molecule has 0 heterocycles. The lowest BCUT2D eigenvalue weighted by atomic mass is 10.3. The van der Waals surface area contributed by atoms with Crippen LogP contribution in [0, 0.1) is 0 Å². The molecule has 8 heavy (non-hydrogen) atoms. The zero-order valence-electron chi connectivity index (χ0n) is 4.70. The SMILES string of the molecule is C=CC=C(C)C(F)F. The smallest absolute Gasteiger partial charge is 0.205 e. The fourth-order valence-electron chi connectivity index (χ4n) is 0.259. The minimum absolute atomic E-state index is 0.0556. The minimum atomic E-state index is -2.34. The van der Waals surface area contributed by atoms with Gasteiger partial charge in [-0.1, -0.05) is 18.7 Å². The van der Waals surface area contributed by atoms with Crippen LogP contribution in [0.3, 0.4) is 0 Å². The second-order valence-electron chi connectivity index (χ2n) is 1.45. The molecule has 0 aromatic rings. The van der Waals surface area contributed by atoms with E-state index in [1.54, 1.807) is 0 Å². The van der Waals surface area contributed by atoms with Gasteiger partial charge in [0.05, 0.1) is 0 Å². The van der Waals surface area contributed by atoms with Crippen molar-refractivity contribution in [3.05, 3.63) is 24.3 Å². The molecule has 0 saturated carbocycles. The monoisotopic (exact) mass is 118 g/mol. The summed E-state index contributed by atoms with van der Waals surface area (Å²) in [7, 11) is 0. The van der Waals surface area contributed by atoms with Gasteiger partial charge in [-0.25, -0.2) is 8.78 Å². The molecule has 46 valence electrons. The molecule has 0 atom stereocenters. The van der Waals surface area contributed by atoms with E-state index >= 15 is 0 Å². The van der Waals surface area contributed by atoms with Gasteiger partial charge in [0.2, 0.25) is 0 Å². The molecular weight excluding hydrogens is 110 g/mol. The van der Waals surface area contributed by atoms with Crippen LogP contribution >= 0.6 is 0 Å². The summed E-state index contributed by atoms with van der Waals surface area (Å²) in [5, 5.41) is 0. The van der Waals surface area contributed by atoms with Gasteiger partial charge in [0.15, 0.2) is 0 Å². The summed E-state index contributed by atoms with van der Waals surface area (Å²) in [6.07, 6.45) is 0.305. The zero-order chi connectivity index (χ0) is 6.57. The van der Waals surface area contributed by atoms with E-state index in [-0.39, 0.29) is 5.57 Å². The zero-order valence-corrected chi connectivity index (χ0v) is 4.70. The first-order chi connectivity index (χ1) is 3.68. The molecule has 0 unspecified atom stereocenters. The first kappa shape index (κ1) is 7.34. The second-order valence-corrected chi connectivity index (χ2v) is 1.45. The maximum atomic E-state index is 11.5. The summed E-state index contributed by atoms with van der Waals surface area (Å²) < 4.78 is 23.0. The lowest BCUT2D eigenvalue weighted by Crippen LogP contribution is -1.89. The van der Waals surface area contributed by atoms with Crippen molar-refractivity contribution in [2.75, 3.05) is 0 Å². The van der Waals surface area contributed by atoms with Crippen LogP contribution in [0.4, 0.5) is 8.78 Å². The van der Waals surface area contributed by atoms with Gasteiger partial charge < -0.3 is 0 Å². The Morgan fingerprint density at radius 2 is 2.12 bits per heavy atom. The van der Waals surface area contributed by atoms with Crippen molar-refractivity contribution in [3.63, 3.8) is 0 Å². The normalized spacial score (nSPS) is 12.2. The molecule has 0 nitrogen and oxygen atoms in total. The summed E-state index contributed by atoms with van der Waals surface area (Å²) in [6.45, 7) is 4.64. The number of allylic oxidation sites excluding steroid dienone is 3. The molecule has 2 heteroatoms. The highest BCUT2D eigenvalue weighted by molar-refractivity contribution is 5.09. The number of halogens is 2. The van der Waals surface area contributed by atoms with Gasteiger partial charge >= 0.3 is 0 Å². The molecule has 0 aliphatic rings. The van der Waals surface area contributed by atoms with Crippen LogP contribution in [0.1, 0.15) is 6.92 Å². The van der Waals surface area contributed by atoms with Crippen molar-refractivity contribution in [2.45, 2.75) is 13.3 Å². The van der Waals surface area contributed by atoms with Crippen molar-refractivity contribution in [1.29, 1.82) is 0 Å². The molecule has 0 aliphatic carbocycles. The van der Waals surface area contributed by atoms with E-state index in [9.17, 15) is 8.78 Å². The summed E-state index contributed by atoms with van der Waals surface area (Å²) in [6, 6.07) is 0. The predicted octanol–water partition coefficient (Wildman–Crippen LogP) is 2.38. The van der Waals surface area contributed by atoms with Gasteiger partial charge in [-0.2, -0.15) is 0 Å². The molecule has 0 radical (unpaired) electrons. The number of alkyl halides is 2. The van der Waals surface area contributed by atoms with Gasteiger partial charge in [0.1, 0.15) is 0 Å². The van der Waals surface area contributed by atoms with Crippen LogP contribution in [0.5, 0.6) is 0 Å². The third-order valence-corrected chi connectivity index (χ3v) is 0.725. The Labute approximate surface area is 47.5 Å². The average Bonchev–Trinajstić information content (AvgIpc) is 1.67. The molecule has 0 aromatic heterocycles. The van der Waals surface area contributed by atoms with E-state index in [2.05, 4.69) is 6.58 Å². The summed E-state index contributed by atoms with van der Waals surface area (Å²) in [5.41, 5.74) is 0.0556. The topological polar surface area (TPSA) is 0 Å². The van der Waals surface area contributed by atoms with Gasteiger partial charge in [0.25, 0.3) is 6.43 Å². The molecule has 0 aliphatic heterocycles. The van der Waals surface area contributed by atoms with Gasteiger partial charge in [-0.3, -0.25) is 0 Å². The van der Waals surface area contributed by atoms with Crippen molar-refractivity contribution in [2.24, 2.45) is 0 Å². The van der Waals surface area contributed by atoms with E-state index < -0.39 is 6.43 Å². The Balaban J connectivity index is 3.78. The van der Waals surface area contributed by atoms with E-state index in [0.717, 1.165) is 0 Å². The van der Waals surface area contributed by atoms with Crippen LogP contribution < -0.4 is 0 Å². The van der Waals surface area contributed by atoms with Gasteiger partial charge in [0, 0.05) is 0 Å². The molecular formula is C6H8F2. The predicted molar refractivity (Wildman–Crippen MR) is 30.0 cm³/mol. The van der Waals surface area contributed by atoms with Crippen molar-refractivity contribution in [1.82, 2.24) is 0 Å². The maximum Gasteiger partial charge on any atom is 0.259 e. The first-order valence-corrected chi connectivity index (χ1v) is 2.26. The molecule has 0 N–H and O–H groups in total. The largest absolute Gasteiger partial charge is 0.259 e. The van der Waals surface area contributed by atoms with E-state index in [1.165, 1.54) is 19.1 Å². The Hall–Kier alpha value is -0.660. The molecule has 0 fully saturated rings. The van der Waals surface area contributed by atoms with Crippen LogP contribution in [-0.2, 0) is 0 Å². The van der Waals surface area contributed by atoms with Crippen LogP contribution in [0.15, 0.2) is 24.3 Å². The van der Waals surface area contributed by atoms with E-state index in [1.807, 2.05) is 0 Å². The Morgan fingerprint density at radius 1 is 1.62 bits per heavy atom. The van der Waals surface area contributed by atoms with Crippen molar-refractivity contribution < 1.29 is 8.78 Å². The lowest BCUT2D eigenvalue weighted by molar-refractivity contribution is 0.190. The first-order valence-electron chi connectivity index (χ1n) is 2.26. The number of hydrogen-bond acceptors (Lipinski definition) is 0. The summed E-state index contributed by atoms with van der Waals surface area (Å²) >= 11 is 0. The van der Waals surface area contributed by atoms with Crippen molar-refractivity contribution >= 4 is 0 Å². The van der Waals surface area contributed by atoms with Crippen molar-refractivity contribution in [3.8, 4) is 0 Å². The Morgan fingerprint density at radius 3 is 2.25 bits per heavy atom. The summed E-state index contributed by atoms with van der Waals surface area (Å²) in [5.74, 6) is 0. The molecule has 0 spiro atoms. The Kier molecular flexibility index (Phi) is 3.08. The Bertz CT molecular complexity index is 103. The van der Waals surface area contributed by atoms with Gasteiger partial charge in [-0.15, -0.1) is 0 Å². The molecule has 0 bridgehead atoms. The fourth-order valence-corrected chi connectivity index (χ4v) is 0.259. The third kappa shape index (κ3) is 2.50. The average molecular weight is 118 g/mol. The summed E-state index contributed by atoms with van der Waals surface area (Å²) in [4.78, 5) is 0. The van der Waals surface area contributed by atoms with E-state index in [4.69, 9.17) is 0 Å². The highest BCUT2D eigenvalue weighted by atomic mass is 19.3. The van der Waals surface area contributed by atoms with Crippen LogP contribution in [0.25, 0.3) is 0 Å². The maximum absolute atomic E-state index is 11.5. The molecule has 0 aromatic carbocycles. The second kappa shape index (κ2) is 3.36. The minimum Gasteiger partial charge on any atom is -0.205 e. The molecule has 0 rings (SSSR count). The van der Waals surface area contributed by atoms with Gasteiger partial charge in [-0.05, 0) is 12.5 Å². The lowest BCUT2D eigenvalue weighted by Gasteiger charge is -1.92. The highest BCUT2D eigenvalue weighted by Gasteiger charge is 2.01. The molecule has 0 saturated heterocycles. The quantitative estimate of drug-likeness (QED) is 0.488. The number of rotatable bonds is 2. The number of hydrogen-bond donors (Lipinski definition) is 0. The van der Waals surface area contributed by atoms with Crippen LogP contribution in [0.2, 0.25) is 0 Å². The van der Waals surface area contributed by atoms with E-state index in [0.29, 0.717) is 0 Å². The fraction of sp³-hybridized carbons (Fsp3) is 0.333. The highest BCUT2D eigenvalue weighted by Crippen LogP contribution is 2.05. The van der Waals surface area contributed by atoms with Crippen LogP contribution in [-0.4, -0.2) is 6.43 Å². The standard InChI is InChI=1S/C6H8F2/c1-3-4-5(2)6(7)8/h3-4,6H,1H2,2H3.